The molecule has 0 fully saturated rings. The van der Waals surface area contributed by atoms with E-state index in [9.17, 15) is 20.1 Å². The van der Waals surface area contributed by atoms with Crippen molar-refractivity contribution in [2.45, 2.75) is 18.4 Å². The Hall–Kier alpha value is -3.44. The molecule has 1 amide bonds. The normalized spacial score (nSPS) is 18.2. The van der Waals surface area contributed by atoms with Crippen molar-refractivity contribution in [1.29, 1.82) is 0 Å². The highest BCUT2D eigenvalue weighted by Crippen LogP contribution is 2.24. The Labute approximate surface area is 185 Å². The summed E-state index contributed by atoms with van der Waals surface area (Å²) in [5.74, 6) is -0.441. The number of fused-ring (bicyclic) bond motifs is 1. The number of hydrogen-bond acceptors (Lipinski definition) is 8. The predicted octanol–water partition coefficient (Wildman–Crippen LogP) is -0.275. The highest BCUT2D eigenvalue weighted by molar-refractivity contribution is 5.95. The Morgan fingerprint density at radius 1 is 1.25 bits per heavy atom. The van der Waals surface area contributed by atoms with E-state index in [1.54, 1.807) is 13.1 Å². The molecule has 0 saturated carbocycles. The van der Waals surface area contributed by atoms with Crippen molar-refractivity contribution in [1.82, 2.24) is 30.6 Å². The standard InChI is InChI=1S/C22H26N6O4/c1-27-20(17(10-23-27)21(31)25-16(12-29)13-30)22(32)24-15-7-8-28-11-18(26-19(28)9-15)14-5-3-2-4-6-14/h2-11,16,19,21,25-26,29-31H,12-13H2,1H3,(H,24,32). The van der Waals surface area contributed by atoms with Gasteiger partial charge in [0.05, 0.1) is 31.1 Å². The molecule has 168 valence electrons. The molecular formula is C22H26N6O4. The maximum Gasteiger partial charge on any atom is 0.274 e. The molecule has 4 rings (SSSR count). The van der Waals surface area contributed by atoms with Gasteiger partial charge < -0.3 is 30.9 Å². The molecule has 0 radical (unpaired) electrons. The van der Waals surface area contributed by atoms with Gasteiger partial charge in [0.2, 0.25) is 0 Å². The van der Waals surface area contributed by atoms with E-state index < -0.39 is 18.2 Å². The van der Waals surface area contributed by atoms with E-state index in [1.165, 1.54) is 10.9 Å². The third-order valence-corrected chi connectivity index (χ3v) is 5.32. The smallest absolute Gasteiger partial charge is 0.274 e. The molecule has 2 aliphatic rings. The van der Waals surface area contributed by atoms with Gasteiger partial charge in [-0.2, -0.15) is 5.10 Å². The molecular weight excluding hydrogens is 412 g/mol. The summed E-state index contributed by atoms with van der Waals surface area (Å²) in [6.45, 7) is -0.728. The van der Waals surface area contributed by atoms with Crippen LogP contribution in [0.4, 0.5) is 0 Å². The molecule has 10 nitrogen and oxygen atoms in total. The van der Waals surface area contributed by atoms with Crippen LogP contribution < -0.4 is 16.0 Å². The number of carbonyl (C=O) groups is 1. The van der Waals surface area contributed by atoms with Gasteiger partial charge in [-0.05, 0) is 17.7 Å². The molecule has 0 bridgehead atoms. The van der Waals surface area contributed by atoms with Crippen LogP contribution in [-0.2, 0) is 7.05 Å². The van der Waals surface area contributed by atoms with Crippen molar-refractivity contribution in [3.05, 3.63) is 83.6 Å². The zero-order valence-electron chi connectivity index (χ0n) is 17.5. The number of carbonyl (C=O) groups excluding carboxylic acids is 1. The summed E-state index contributed by atoms with van der Waals surface area (Å²) >= 11 is 0. The predicted molar refractivity (Wildman–Crippen MR) is 117 cm³/mol. The molecule has 6 N–H and O–H groups in total. The molecule has 0 aliphatic carbocycles. The fourth-order valence-electron chi connectivity index (χ4n) is 3.61. The lowest BCUT2D eigenvalue weighted by atomic mass is 10.1. The number of nitrogens with zero attached hydrogens (tertiary/aromatic N) is 3. The number of nitrogens with one attached hydrogen (secondary N) is 3. The number of aliphatic hydroxyl groups is 3. The number of hydrogen-bond donors (Lipinski definition) is 6. The summed E-state index contributed by atoms with van der Waals surface area (Å²) in [5, 5.41) is 41.9. The first kappa shape index (κ1) is 21.8. The van der Waals surface area contributed by atoms with Crippen LogP contribution in [0.25, 0.3) is 5.70 Å². The summed E-state index contributed by atoms with van der Waals surface area (Å²) < 4.78 is 1.37. The van der Waals surface area contributed by atoms with Gasteiger partial charge in [-0.15, -0.1) is 0 Å². The van der Waals surface area contributed by atoms with Crippen LogP contribution in [0.3, 0.4) is 0 Å². The summed E-state index contributed by atoms with van der Waals surface area (Å²) in [4.78, 5) is 15.0. The number of aliphatic hydroxyl groups excluding tert-OH is 3. The molecule has 32 heavy (non-hydrogen) atoms. The summed E-state index contributed by atoms with van der Waals surface area (Å²) in [5.41, 5.74) is 3.06. The van der Waals surface area contributed by atoms with Gasteiger partial charge in [-0.25, -0.2) is 0 Å². The van der Waals surface area contributed by atoms with E-state index in [-0.39, 0.29) is 30.6 Å². The molecule has 2 aliphatic heterocycles. The van der Waals surface area contributed by atoms with E-state index in [0.717, 1.165) is 11.3 Å². The lowest BCUT2D eigenvalue weighted by molar-refractivity contribution is 0.0787. The van der Waals surface area contributed by atoms with Crippen molar-refractivity contribution in [2.24, 2.45) is 7.05 Å². The van der Waals surface area contributed by atoms with Gasteiger partial charge in [0, 0.05) is 30.7 Å². The molecule has 2 atom stereocenters. The Bertz CT molecular complexity index is 1060. The van der Waals surface area contributed by atoms with Crippen LogP contribution >= 0.6 is 0 Å². The second kappa shape index (κ2) is 9.37. The van der Waals surface area contributed by atoms with E-state index >= 15 is 0 Å². The maximum absolute atomic E-state index is 13.0. The molecule has 2 aromatic rings. The van der Waals surface area contributed by atoms with Gasteiger partial charge in [0.1, 0.15) is 18.1 Å². The number of allylic oxidation sites excluding steroid dienone is 1. The minimum absolute atomic E-state index is 0.140. The van der Waals surface area contributed by atoms with Gasteiger partial charge in [-0.3, -0.25) is 14.8 Å². The fraction of sp³-hybridized carbons (Fsp3) is 0.273. The zero-order valence-corrected chi connectivity index (χ0v) is 17.5. The van der Waals surface area contributed by atoms with Crippen molar-refractivity contribution in [3.8, 4) is 0 Å². The van der Waals surface area contributed by atoms with Gasteiger partial charge in [-0.1, -0.05) is 30.3 Å². The molecule has 1 aromatic heterocycles. The number of rotatable bonds is 8. The van der Waals surface area contributed by atoms with Crippen LogP contribution in [0.5, 0.6) is 0 Å². The average molecular weight is 438 g/mol. The molecule has 0 spiro atoms. The first-order valence-electron chi connectivity index (χ1n) is 10.2. The second-order valence-corrected chi connectivity index (χ2v) is 7.54. The van der Waals surface area contributed by atoms with E-state index in [2.05, 4.69) is 21.0 Å². The van der Waals surface area contributed by atoms with Crippen LogP contribution in [0.2, 0.25) is 0 Å². The topological polar surface area (TPSA) is 135 Å². The maximum atomic E-state index is 13.0. The zero-order chi connectivity index (χ0) is 22.7. The van der Waals surface area contributed by atoms with Crippen molar-refractivity contribution in [2.75, 3.05) is 13.2 Å². The van der Waals surface area contributed by atoms with Crippen LogP contribution in [0.1, 0.15) is 27.8 Å². The monoisotopic (exact) mass is 438 g/mol. The first-order chi connectivity index (χ1) is 15.5. The number of amides is 1. The van der Waals surface area contributed by atoms with Gasteiger partial charge >= 0.3 is 0 Å². The minimum Gasteiger partial charge on any atom is -0.395 e. The third-order valence-electron chi connectivity index (χ3n) is 5.32. The first-order valence-corrected chi connectivity index (χ1v) is 10.2. The minimum atomic E-state index is -1.28. The number of benzene rings is 1. The Kier molecular flexibility index (Phi) is 6.37. The van der Waals surface area contributed by atoms with Crippen LogP contribution in [0, 0.1) is 0 Å². The SMILES string of the molecule is Cn1ncc(C(O)NC(CO)CO)c1C(=O)NC1=CC2NC(c3ccccc3)=CN2C=C1. The molecule has 1 aromatic carbocycles. The lowest BCUT2D eigenvalue weighted by Crippen LogP contribution is -2.39. The number of aryl methyl sites for hydroxylation is 1. The van der Waals surface area contributed by atoms with E-state index in [0.29, 0.717) is 5.70 Å². The van der Waals surface area contributed by atoms with Crippen LogP contribution in [-0.4, -0.2) is 61.3 Å². The average Bonchev–Trinajstić information content (AvgIpc) is 3.41. The van der Waals surface area contributed by atoms with E-state index in [1.807, 2.05) is 53.7 Å². The molecule has 3 heterocycles. The second-order valence-electron chi connectivity index (χ2n) is 7.54. The fourth-order valence-corrected chi connectivity index (χ4v) is 3.61. The highest BCUT2D eigenvalue weighted by Gasteiger charge is 2.27. The van der Waals surface area contributed by atoms with Crippen molar-refractivity contribution >= 4 is 11.6 Å². The quantitative estimate of drug-likeness (QED) is 0.310. The van der Waals surface area contributed by atoms with Gasteiger partial charge in [0.15, 0.2) is 0 Å². The van der Waals surface area contributed by atoms with Crippen molar-refractivity contribution < 1.29 is 20.1 Å². The van der Waals surface area contributed by atoms with Crippen molar-refractivity contribution in [3.63, 3.8) is 0 Å². The highest BCUT2D eigenvalue weighted by atomic mass is 16.3. The number of aromatic nitrogens is 2. The molecule has 10 heteroatoms. The van der Waals surface area contributed by atoms with Crippen LogP contribution in [0.15, 0.2) is 66.8 Å². The Morgan fingerprint density at radius 3 is 2.72 bits per heavy atom. The summed E-state index contributed by atoms with van der Waals surface area (Å²) in [7, 11) is 1.60. The molecule has 0 saturated heterocycles. The summed E-state index contributed by atoms with van der Waals surface area (Å²) in [6.07, 6.45) is 7.51. The third kappa shape index (κ3) is 4.43. The molecule has 2 unspecified atom stereocenters. The Morgan fingerprint density at radius 2 is 2.00 bits per heavy atom. The lowest BCUT2D eigenvalue weighted by Gasteiger charge is -2.24. The Balaban J connectivity index is 1.46. The largest absolute Gasteiger partial charge is 0.395 e. The van der Waals surface area contributed by atoms with Gasteiger partial charge in [0.25, 0.3) is 5.91 Å². The van der Waals surface area contributed by atoms with E-state index in [4.69, 9.17) is 0 Å². The summed E-state index contributed by atoms with van der Waals surface area (Å²) in [6, 6.07) is 9.24.